The van der Waals surface area contributed by atoms with Gasteiger partial charge in [0.2, 0.25) is 0 Å². The van der Waals surface area contributed by atoms with E-state index < -0.39 is 0 Å². The third kappa shape index (κ3) is 4.09. The van der Waals surface area contributed by atoms with E-state index in [2.05, 4.69) is 13.8 Å². The van der Waals surface area contributed by atoms with E-state index in [0.717, 1.165) is 25.8 Å². The molecule has 1 amide bonds. The van der Waals surface area contributed by atoms with Gasteiger partial charge in [0.05, 0.1) is 26.9 Å². The highest BCUT2D eigenvalue weighted by molar-refractivity contribution is 5.98. The molecule has 2 rings (SSSR count). The summed E-state index contributed by atoms with van der Waals surface area (Å²) in [6, 6.07) is 3.78. The van der Waals surface area contributed by atoms with Gasteiger partial charge >= 0.3 is 0 Å². The van der Waals surface area contributed by atoms with E-state index in [9.17, 15) is 4.79 Å². The van der Waals surface area contributed by atoms with E-state index in [4.69, 9.17) is 14.2 Å². The lowest BCUT2D eigenvalue weighted by molar-refractivity contribution is 0.0731. The second kappa shape index (κ2) is 7.57. The van der Waals surface area contributed by atoms with Gasteiger partial charge in [-0.05, 0) is 25.2 Å². The molecule has 0 bridgehead atoms. The van der Waals surface area contributed by atoms with E-state index in [1.54, 1.807) is 33.5 Å². The SMILES string of the molecule is COc1cc(OC)c(C(=O)N(CCC(C)C)C2CC2)cc1OC. The molecule has 1 aromatic rings. The first kappa shape index (κ1) is 17.4. The Labute approximate surface area is 138 Å². The Morgan fingerprint density at radius 2 is 1.65 bits per heavy atom. The first-order chi connectivity index (χ1) is 11.0. The highest BCUT2D eigenvalue weighted by Crippen LogP contribution is 2.37. The third-order valence-electron chi connectivity index (χ3n) is 4.13. The van der Waals surface area contributed by atoms with Crippen LogP contribution in [-0.4, -0.2) is 44.7 Å². The lowest BCUT2D eigenvalue weighted by Gasteiger charge is -2.25. The topological polar surface area (TPSA) is 48.0 Å². The van der Waals surface area contributed by atoms with Gasteiger partial charge in [0.25, 0.3) is 5.91 Å². The summed E-state index contributed by atoms with van der Waals surface area (Å²) in [5, 5.41) is 0. The normalized spacial score (nSPS) is 13.8. The smallest absolute Gasteiger partial charge is 0.258 e. The number of methoxy groups -OCH3 is 3. The molecule has 1 aromatic carbocycles. The maximum Gasteiger partial charge on any atom is 0.258 e. The molecule has 1 saturated carbocycles. The number of benzene rings is 1. The molecule has 0 unspecified atom stereocenters. The highest BCUT2D eigenvalue weighted by atomic mass is 16.5. The van der Waals surface area contributed by atoms with Crippen LogP contribution in [0.1, 0.15) is 43.5 Å². The Kier molecular flexibility index (Phi) is 5.74. The molecule has 0 heterocycles. The summed E-state index contributed by atoms with van der Waals surface area (Å²) in [5.41, 5.74) is 0.529. The minimum atomic E-state index is 0.00551. The average Bonchev–Trinajstić information content (AvgIpc) is 3.38. The molecule has 0 aromatic heterocycles. The van der Waals surface area contributed by atoms with Crippen LogP contribution in [0.25, 0.3) is 0 Å². The Hall–Kier alpha value is -1.91. The van der Waals surface area contributed by atoms with Gasteiger partial charge in [-0.25, -0.2) is 0 Å². The molecule has 1 aliphatic carbocycles. The Morgan fingerprint density at radius 3 is 2.13 bits per heavy atom. The number of hydrogen-bond donors (Lipinski definition) is 0. The molecule has 0 N–H and O–H groups in total. The number of rotatable bonds is 8. The summed E-state index contributed by atoms with van der Waals surface area (Å²) in [5.74, 6) is 2.18. The lowest BCUT2D eigenvalue weighted by atomic mass is 10.1. The van der Waals surface area contributed by atoms with Crippen molar-refractivity contribution in [2.75, 3.05) is 27.9 Å². The fraction of sp³-hybridized carbons (Fsp3) is 0.611. The number of carbonyl (C=O) groups is 1. The molecule has 128 valence electrons. The van der Waals surface area contributed by atoms with Crippen LogP contribution in [0.4, 0.5) is 0 Å². The Bertz CT molecular complexity index is 552. The summed E-state index contributed by atoms with van der Waals surface area (Å²) in [6.07, 6.45) is 3.16. The minimum absolute atomic E-state index is 0.00551. The van der Waals surface area contributed by atoms with Crippen LogP contribution in [0.3, 0.4) is 0 Å². The van der Waals surface area contributed by atoms with Crippen molar-refractivity contribution in [2.24, 2.45) is 5.92 Å². The van der Waals surface area contributed by atoms with Gasteiger partial charge in [-0.2, -0.15) is 0 Å². The zero-order valence-corrected chi connectivity index (χ0v) is 14.7. The van der Waals surface area contributed by atoms with Crippen LogP contribution < -0.4 is 14.2 Å². The van der Waals surface area contributed by atoms with E-state index in [0.29, 0.717) is 34.8 Å². The summed E-state index contributed by atoms with van der Waals surface area (Å²) < 4.78 is 16.0. The van der Waals surface area contributed by atoms with Crippen molar-refractivity contribution in [3.8, 4) is 17.2 Å². The lowest BCUT2D eigenvalue weighted by Crippen LogP contribution is -2.34. The van der Waals surface area contributed by atoms with Gasteiger partial charge < -0.3 is 19.1 Å². The molecule has 5 nitrogen and oxygen atoms in total. The second-order valence-electron chi connectivity index (χ2n) is 6.32. The second-order valence-corrected chi connectivity index (χ2v) is 6.32. The van der Waals surface area contributed by atoms with Crippen molar-refractivity contribution in [1.82, 2.24) is 4.90 Å². The number of nitrogens with zero attached hydrogens (tertiary/aromatic N) is 1. The van der Waals surface area contributed by atoms with Crippen LogP contribution in [0.15, 0.2) is 12.1 Å². The number of amides is 1. The zero-order valence-electron chi connectivity index (χ0n) is 14.7. The molecule has 1 fully saturated rings. The van der Waals surface area contributed by atoms with Crippen LogP contribution >= 0.6 is 0 Å². The largest absolute Gasteiger partial charge is 0.496 e. The molecule has 0 radical (unpaired) electrons. The van der Waals surface area contributed by atoms with E-state index >= 15 is 0 Å². The van der Waals surface area contributed by atoms with Crippen LogP contribution in [0.2, 0.25) is 0 Å². The van der Waals surface area contributed by atoms with Gasteiger partial charge in [-0.15, -0.1) is 0 Å². The van der Waals surface area contributed by atoms with Crippen molar-refractivity contribution < 1.29 is 19.0 Å². The first-order valence-corrected chi connectivity index (χ1v) is 8.12. The van der Waals surface area contributed by atoms with E-state index in [1.165, 1.54) is 0 Å². The molecular weight excluding hydrogens is 294 g/mol. The van der Waals surface area contributed by atoms with Crippen molar-refractivity contribution in [3.63, 3.8) is 0 Å². The number of carbonyl (C=O) groups excluding carboxylic acids is 1. The molecule has 23 heavy (non-hydrogen) atoms. The van der Waals surface area contributed by atoms with Gasteiger partial charge in [-0.3, -0.25) is 4.79 Å². The van der Waals surface area contributed by atoms with Gasteiger partial charge in [0.1, 0.15) is 5.75 Å². The van der Waals surface area contributed by atoms with Gasteiger partial charge in [0.15, 0.2) is 11.5 Å². The van der Waals surface area contributed by atoms with Crippen molar-refractivity contribution in [1.29, 1.82) is 0 Å². The van der Waals surface area contributed by atoms with Crippen molar-refractivity contribution in [2.45, 2.75) is 39.2 Å². The van der Waals surface area contributed by atoms with Crippen molar-refractivity contribution >= 4 is 5.91 Å². The summed E-state index contributed by atoms with van der Waals surface area (Å²) >= 11 is 0. The zero-order chi connectivity index (χ0) is 17.0. The molecule has 0 spiro atoms. The molecule has 0 atom stereocenters. The molecule has 5 heteroatoms. The standard InChI is InChI=1S/C18H27NO4/c1-12(2)8-9-19(13-6-7-13)18(20)14-10-16(22-4)17(23-5)11-15(14)21-3/h10-13H,6-9H2,1-5H3. The quantitative estimate of drug-likeness (QED) is 0.736. The first-order valence-electron chi connectivity index (χ1n) is 8.12. The van der Waals surface area contributed by atoms with E-state index in [-0.39, 0.29) is 5.91 Å². The molecule has 0 saturated heterocycles. The van der Waals surface area contributed by atoms with Crippen LogP contribution in [0.5, 0.6) is 17.2 Å². The average molecular weight is 321 g/mol. The van der Waals surface area contributed by atoms with Gasteiger partial charge in [-0.1, -0.05) is 13.8 Å². The molecule has 0 aliphatic heterocycles. The summed E-state index contributed by atoms with van der Waals surface area (Å²) in [4.78, 5) is 15.0. The fourth-order valence-corrected chi connectivity index (χ4v) is 2.58. The highest BCUT2D eigenvalue weighted by Gasteiger charge is 2.34. The Morgan fingerprint density at radius 1 is 1.09 bits per heavy atom. The fourth-order valence-electron chi connectivity index (χ4n) is 2.58. The molecule has 1 aliphatic rings. The summed E-state index contributed by atoms with van der Waals surface area (Å²) in [6.45, 7) is 5.12. The minimum Gasteiger partial charge on any atom is -0.496 e. The van der Waals surface area contributed by atoms with Gasteiger partial charge in [0, 0.05) is 24.7 Å². The summed E-state index contributed by atoms with van der Waals surface area (Å²) in [7, 11) is 4.70. The number of ether oxygens (including phenoxy) is 3. The van der Waals surface area contributed by atoms with Crippen LogP contribution in [0, 0.1) is 5.92 Å². The maximum atomic E-state index is 13.0. The predicted molar refractivity (Wildman–Crippen MR) is 89.6 cm³/mol. The Balaban J connectivity index is 2.31. The molecular formula is C18H27NO4. The monoisotopic (exact) mass is 321 g/mol. The third-order valence-corrected chi connectivity index (χ3v) is 4.13. The number of hydrogen-bond acceptors (Lipinski definition) is 4. The predicted octanol–water partition coefficient (Wildman–Crippen LogP) is 3.36. The van der Waals surface area contributed by atoms with Crippen LogP contribution in [-0.2, 0) is 0 Å². The van der Waals surface area contributed by atoms with Crippen molar-refractivity contribution in [3.05, 3.63) is 17.7 Å². The van der Waals surface area contributed by atoms with E-state index in [1.807, 2.05) is 4.90 Å². The maximum absolute atomic E-state index is 13.0.